The van der Waals surface area contributed by atoms with Gasteiger partial charge in [-0.2, -0.15) is 4.98 Å². The van der Waals surface area contributed by atoms with E-state index in [2.05, 4.69) is 10.1 Å². The maximum absolute atomic E-state index is 12.7. The van der Waals surface area contributed by atoms with E-state index >= 15 is 0 Å². The van der Waals surface area contributed by atoms with E-state index < -0.39 is 0 Å². The maximum atomic E-state index is 12.7. The summed E-state index contributed by atoms with van der Waals surface area (Å²) in [5.74, 6) is 1.48. The summed E-state index contributed by atoms with van der Waals surface area (Å²) in [4.78, 5) is 19.0. The Morgan fingerprint density at radius 2 is 2.24 bits per heavy atom. The standard InChI is InChI=1S/C19H25N3O3/c1-3-24-13-17-20-19(21-25-17)16-9-6-10-22(12-16)18(23)11-15-8-5-4-7-14(15)2/h4-5,7-8,16H,3,6,9-13H2,1-2H3. The Morgan fingerprint density at radius 3 is 3.04 bits per heavy atom. The molecule has 1 fully saturated rings. The van der Waals surface area contributed by atoms with Gasteiger partial charge in [-0.1, -0.05) is 29.4 Å². The molecule has 2 aromatic rings. The second kappa shape index (κ2) is 8.25. The molecule has 1 amide bonds. The number of aryl methyl sites for hydroxylation is 1. The molecule has 0 N–H and O–H groups in total. The molecule has 1 aromatic heterocycles. The van der Waals surface area contributed by atoms with Gasteiger partial charge in [-0.3, -0.25) is 4.79 Å². The largest absolute Gasteiger partial charge is 0.372 e. The summed E-state index contributed by atoms with van der Waals surface area (Å²) >= 11 is 0. The lowest BCUT2D eigenvalue weighted by molar-refractivity contribution is -0.131. The van der Waals surface area contributed by atoms with Crippen molar-refractivity contribution in [2.45, 2.75) is 45.6 Å². The Labute approximate surface area is 148 Å². The smallest absolute Gasteiger partial charge is 0.252 e. The average Bonchev–Trinajstić information content (AvgIpc) is 3.11. The predicted octanol–water partition coefficient (Wildman–Crippen LogP) is 2.86. The van der Waals surface area contributed by atoms with Crippen molar-refractivity contribution in [2.24, 2.45) is 0 Å². The Hall–Kier alpha value is -2.21. The van der Waals surface area contributed by atoms with Crippen LogP contribution in [-0.2, 0) is 22.6 Å². The summed E-state index contributed by atoms with van der Waals surface area (Å²) in [6.07, 6.45) is 2.38. The van der Waals surface area contributed by atoms with Crippen LogP contribution in [0.2, 0.25) is 0 Å². The van der Waals surface area contributed by atoms with E-state index in [1.807, 2.05) is 43.0 Å². The van der Waals surface area contributed by atoms with E-state index in [9.17, 15) is 4.79 Å². The van der Waals surface area contributed by atoms with Crippen LogP contribution in [0.1, 0.15) is 48.5 Å². The second-order valence-corrected chi connectivity index (χ2v) is 6.47. The number of likely N-dealkylation sites (tertiary alicyclic amines) is 1. The van der Waals surface area contributed by atoms with Gasteiger partial charge in [0.15, 0.2) is 5.82 Å². The van der Waals surface area contributed by atoms with Crippen molar-refractivity contribution in [3.8, 4) is 0 Å². The highest BCUT2D eigenvalue weighted by atomic mass is 16.5. The first kappa shape index (κ1) is 17.6. The van der Waals surface area contributed by atoms with Gasteiger partial charge in [-0.15, -0.1) is 0 Å². The van der Waals surface area contributed by atoms with Crippen LogP contribution < -0.4 is 0 Å². The van der Waals surface area contributed by atoms with Crippen molar-refractivity contribution in [1.29, 1.82) is 0 Å². The number of piperidine rings is 1. The molecule has 6 heteroatoms. The van der Waals surface area contributed by atoms with Crippen molar-refractivity contribution < 1.29 is 14.1 Å². The Morgan fingerprint density at radius 1 is 1.40 bits per heavy atom. The summed E-state index contributed by atoms with van der Waals surface area (Å²) in [7, 11) is 0. The van der Waals surface area contributed by atoms with Gasteiger partial charge in [0, 0.05) is 25.6 Å². The number of aromatic nitrogens is 2. The number of carbonyl (C=O) groups is 1. The Kier molecular flexibility index (Phi) is 5.81. The summed E-state index contributed by atoms with van der Waals surface area (Å²) in [6.45, 7) is 6.37. The van der Waals surface area contributed by atoms with Gasteiger partial charge in [0.05, 0.1) is 6.42 Å². The third-order valence-electron chi connectivity index (χ3n) is 4.66. The van der Waals surface area contributed by atoms with Gasteiger partial charge in [-0.05, 0) is 37.8 Å². The lowest BCUT2D eigenvalue weighted by Crippen LogP contribution is -2.40. The van der Waals surface area contributed by atoms with Crippen molar-refractivity contribution in [2.75, 3.05) is 19.7 Å². The van der Waals surface area contributed by atoms with E-state index in [4.69, 9.17) is 9.26 Å². The van der Waals surface area contributed by atoms with Crippen molar-refractivity contribution in [3.05, 3.63) is 47.1 Å². The SMILES string of the molecule is CCOCc1nc(C2CCCN(C(=O)Cc3ccccc3C)C2)no1. The maximum Gasteiger partial charge on any atom is 0.252 e. The molecule has 0 bridgehead atoms. The predicted molar refractivity (Wildman–Crippen MR) is 93.1 cm³/mol. The molecule has 0 radical (unpaired) electrons. The molecule has 134 valence electrons. The molecule has 1 aliphatic rings. The third kappa shape index (κ3) is 4.45. The van der Waals surface area contributed by atoms with Crippen LogP contribution in [0.3, 0.4) is 0 Å². The zero-order valence-electron chi connectivity index (χ0n) is 14.9. The lowest BCUT2D eigenvalue weighted by Gasteiger charge is -2.31. The van der Waals surface area contributed by atoms with Crippen LogP contribution in [0.4, 0.5) is 0 Å². The minimum absolute atomic E-state index is 0.133. The average molecular weight is 343 g/mol. The van der Waals surface area contributed by atoms with Crippen LogP contribution >= 0.6 is 0 Å². The summed E-state index contributed by atoms with van der Waals surface area (Å²) in [5, 5.41) is 4.08. The highest BCUT2D eigenvalue weighted by Gasteiger charge is 2.28. The monoisotopic (exact) mass is 343 g/mol. The van der Waals surface area contributed by atoms with Gasteiger partial charge < -0.3 is 14.2 Å². The molecule has 1 saturated heterocycles. The van der Waals surface area contributed by atoms with E-state index in [0.29, 0.717) is 37.9 Å². The van der Waals surface area contributed by atoms with E-state index in [1.54, 1.807) is 0 Å². The van der Waals surface area contributed by atoms with Gasteiger partial charge >= 0.3 is 0 Å². The fraction of sp³-hybridized carbons (Fsp3) is 0.526. The minimum atomic E-state index is 0.133. The molecule has 2 heterocycles. The topological polar surface area (TPSA) is 68.5 Å². The van der Waals surface area contributed by atoms with Crippen molar-refractivity contribution >= 4 is 5.91 Å². The van der Waals surface area contributed by atoms with E-state index in [1.165, 1.54) is 0 Å². The molecule has 0 saturated carbocycles. The Bertz CT molecular complexity index is 713. The van der Waals surface area contributed by atoms with Crippen LogP contribution in [0.5, 0.6) is 0 Å². The number of rotatable bonds is 6. The summed E-state index contributed by atoms with van der Waals surface area (Å²) in [5.41, 5.74) is 2.25. The number of carbonyl (C=O) groups excluding carboxylic acids is 1. The van der Waals surface area contributed by atoms with E-state index in [0.717, 1.165) is 30.5 Å². The molecule has 1 aromatic carbocycles. The van der Waals surface area contributed by atoms with E-state index in [-0.39, 0.29) is 11.8 Å². The quantitative estimate of drug-likeness (QED) is 0.807. The molecule has 3 rings (SSSR count). The van der Waals surface area contributed by atoms with Crippen LogP contribution in [0.25, 0.3) is 0 Å². The van der Waals surface area contributed by atoms with Gasteiger partial charge in [-0.25, -0.2) is 0 Å². The number of nitrogens with zero attached hydrogens (tertiary/aromatic N) is 3. The summed E-state index contributed by atoms with van der Waals surface area (Å²) in [6, 6.07) is 8.04. The number of hydrogen-bond acceptors (Lipinski definition) is 5. The van der Waals surface area contributed by atoms with Crippen molar-refractivity contribution in [3.63, 3.8) is 0 Å². The number of amides is 1. The molecule has 1 atom stereocenters. The first-order chi connectivity index (χ1) is 12.2. The van der Waals surface area contributed by atoms with Crippen LogP contribution in [0.15, 0.2) is 28.8 Å². The molecule has 6 nitrogen and oxygen atoms in total. The number of hydrogen-bond donors (Lipinski definition) is 0. The molecule has 0 spiro atoms. The molecule has 1 unspecified atom stereocenters. The first-order valence-corrected chi connectivity index (χ1v) is 8.90. The minimum Gasteiger partial charge on any atom is -0.372 e. The zero-order valence-corrected chi connectivity index (χ0v) is 14.9. The number of benzene rings is 1. The molecule has 25 heavy (non-hydrogen) atoms. The highest BCUT2D eigenvalue weighted by Crippen LogP contribution is 2.25. The van der Waals surface area contributed by atoms with Gasteiger partial charge in [0.2, 0.25) is 5.91 Å². The number of ether oxygens (including phenoxy) is 1. The van der Waals surface area contributed by atoms with Gasteiger partial charge in [0.25, 0.3) is 5.89 Å². The molecular formula is C19H25N3O3. The normalized spacial score (nSPS) is 17.7. The van der Waals surface area contributed by atoms with Crippen LogP contribution in [-0.4, -0.2) is 40.6 Å². The molecule has 1 aliphatic heterocycles. The van der Waals surface area contributed by atoms with Crippen molar-refractivity contribution in [1.82, 2.24) is 15.0 Å². The summed E-state index contributed by atoms with van der Waals surface area (Å²) < 4.78 is 10.5. The van der Waals surface area contributed by atoms with Gasteiger partial charge in [0.1, 0.15) is 6.61 Å². The highest BCUT2D eigenvalue weighted by molar-refractivity contribution is 5.79. The fourth-order valence-corrected chi connectivity index (χ4v) is 3.18. The second-order valence-electron chi connectivity index (χ2n) is 6.47. The Balaban J connectivity index is 1.61. The van der Waals surface area contributed by atoms with Crippen LogP contribution in [0, 0.1) is 6.92 Å². The molecule has 0 aliphatic carbocycles. The molecular weight excluding hydrogens is 318 g/mol. The fourth-order valence-electron chi connectivity index (χ4n) is 3.18. The zero-order chi connectivity index (χ0) is 17.6. The lowest BCUT2D eigenvalue weighted by atomic mass is 9.96. The third-order valence-corrected chi connectivity index (χ3v) is 4.66. The first-order valence-electron chi connectivity index (χ1n) is 8.90.